The number of carbonyl (C=O) groups is 2. The van der Waals surface area contributed by atoms with Crippen molar-refractivity contribution in [3.05, 3.63) is 17.5 Å². The summed E-state index contributed by atoms with van der Waals surface area (Å²) in [5.41, 5.74) is 1.80. The lowest BCUT2D eigenvalue weighted by Crippen LogP contribution is -2.38. The molecule has 0 radical (unpaired) electrons. The Labute approximate surface area is 147 Å². The average Bonchev–Trinajstić information content (AvgIpc) is 2.82. The number of fused-ring (bicyclic) bond motifs is 1. The topological polar surface area (TPSA) is 85.7 Å². The predicted octanol–water partition coefficient (Wildman–Crippen LogP) is 1.29. The van der Waals surface area contributed by atoms with E-state index < -0.39 is 6.09 Å². The van der Waals surface area contributed by atoms with Gasteiger partial charge in [0.25, 0.3) is 0 Å². The van der Waals surface area contributed by atoms with E-state index in [1.54, 1.807) is 7.11 Å². The highest BCUT2D eigenvalue weighted by molar-refractivity contribution is 5.79. The molecule has 0 unspecified atom stereocenters. The zero-order chi connectivity index (χ0) is 17.6. The third-order valence-corrected chi connectivity index (χ3v) is 4.77. The van der Waals surface area contributed by atoms with Crippen LogP contribution in [-0.4, -0.2) is 53.5 Å². The highest BCUT2D eigenvalue weighted by Crippen LogP contribution is 2.29. The smallest absolute Gasteiger partial charge is 0.407 e. The normalized spacial score (nSPS) is 17.4. The Kier molecular flexibility index (Phi) is 5.91. The Morgan fingerprint density at radius 1 is 1.28 bits per heavy atom. The number of alkyl carbamates (subject to hydrolysis) is 1. The van der Waals surface area contributed by atoms with E-state index in [9.17, 15) is 9.59 Å². The SMILES string of the molecule is COCCOC(=O)NCc1cc2n(n1)CCCN(C(=O)C1CCC1)C2. The van der Waals surface area contributed by atoms with Crippen molar-refractivity contribution in [1.82, 2.24) is 20.0 Å². The molecule has 8 heteroatoms. The minimum Gasteiger partial charge on any atom is -0.447 e. The number of nitrogens with one attached hydrogen (secondary N) is 1. The van der Waals surface area contributed by atoms with Crippen molar-refractivity contribution in [1.29, 1.82) is 0 Å². The number of hydrogen-bond acceptors (Lipinski definition) is 5. The van der Waals surface area contributed by atoms with Gasteiger partial charge in [0, 0.05) is 26.1 Å². The lowest BCUT2D eigenvalue weighted by Gasteiger charge is -2.30. The minimum absolute atomic E-state index is 0.220. The maximum absolute atomic E-state index is 12.5. The van der Waals surface area contributed by atoms with Crippen LogP contribution in [0.15, 0.2) is 6.07 Å². The van der Waals surface area contributed by atoms with Crippen LogP contribution in [0, 0.1) is 5.92 Å². The van der Waals surface area contributed by atoms with E-state index in [0.29, 0.717) is 19.7 Å². The van der Waals surface area contributed by atoms with Gasteiger partial charge in [0.15, 0.2) is 0 Å². The van der Waals surface area contributed by atoms with E-state index in [0.717, 1.165) is 43.7 Å². The molecule has 138 valence electrons. The Bertz CT molecular complexity index is 612. The largest absolute Gasteiger partial charge is 0.447 e. The molecule has 25 heavy (non-hydrogen) atoms. The number of rotatable bonds is 6. The van der Waals surface area contributed by atoms with Gasteiger partial charge < -0.3 is 19.7 Å². The highest BCUT2D eigenvalue weighted by Gasteiger charge is 2.30. The van der Waals surface area contributed by atoms with E-state index >= 15 is 0 Å². The summed E-state index contributed by atoms with van der Waals surface area (Å²) in [4.78, 5) is 26.0. The van der Waals surface area contributed by atoms with Gasteiger partial charge in [-0.05, 0) is 25.3 Å². The van der Waals surface area contributed by atoms with Crippen LogP contribution in [-0.2, 0) is 33.9 Å². The molecule has 0 atom stereocenters. The molecule has 0 saturated heterocycles. The molecular weight excluding hydrogens is 324 g/mol. The maximum Gasteiger partial charge on any atom is 0.407 e. The maximum atomic E-state index is 12.5. The second-order valence-corrected chi connectivity index (χ2v) is 6.57. The van der Waals surface area contributed by atoms with E-state index in [1.807, 2.05) is 15.6 Å². The van der Waals surface area contributed by atoms with Gasteiger partial charge in [-0.15, -0.1) is 0 Å². The monoisotopic (exact) mass is 350 g/mol. The number of carbonyl (C=O) groups excluding carboxylic acids is 2. The van der Waals surface area contributed by atoms with Gasteiger partial charge in [-0.25, -0.2) is 4.79 Å². The number of methoxy groups -OCH3 is 1. The number of ether oxygens (including phenoxy) is 2. The Hall–Kier alpha value is -2.09. The Balaban J connectivity index is 1.53. The van der Waals surface area contributed by atoms with Gasteiger partial charge in [0.05, 0.1) is 31.1 Å². The molecule has 2 amide bonds. The van der Waals surface area contributed by atoms with Crippen LogP contribution in [0.1, 0.15) is 37.1 Å². The summed E-state index contributed by atoms with van der Waals surface area (Å²) in [6.07, 6.45) is 3.63. The minimum atomic E-state index is -0.484. The van der Waals surface area contributed by atoms with Gasteiger partial charge in [-0.2, -0.15) is 5.10 Å². The van der Waals surface area contributed by atoms with Crippen LogP contribution >= 0.6 is 0 Å². The van der Waals surface area contributed by atoms with Crippen LogP contribution in [0.3, 0.4) is 0 Å². The summed E-state index contributed by atoms with van der Waals surface area (Å²) in [7, 11) is 1.55. The third kappa shape index (κ3) is 4.50. The molecule has 8 nitrogen and oxygen atoms in total. The fraction of sp³-hybridized carbons (Fsp3) is 0.706. The third-order valence-electron chi connectivity index (χ3n) is 4.77. The summed E-state index contributed by atoms with van der Waals surface area (Å²) in [5, 5.41) is 7.22. The molecule has 1 fully saturated rings. The number of hydrogen-bond donors (Lipinski definition) is 1. The van der Waals surface area contributed by atoms with E-state index in [4.69, 9.17) is 9.47 Å². The first-order valence-electron chi connectivity index (χ1n) is 8.91. The van der Waals surface area contributed by atoms with Crippen molar-refractivity contribution in [2.45, 2.75) is 45.3 Å². The van der Waals surface area contributed by atoms with Crippen LogP contribution in [0.5, 0.6) is 0 Å². The quantitative estimate of drug-likeness (QED) is 0.782. The zero-order valence-electron chi connectivity index (χ0n) is 14.7. The summed E-state index contributed by atoms with van der Waals surface area (Å²) < 4.78 is 11.7. The van der Waals surface area contributed by atoms with Crippen LogP contribution in [0.2, 0.25) is 0 Å². The molecule has 2 heterocycles. The van der Waals surface area contributed by atoms with E-state index in [-0.39, 0.29) is 18.4 Å². The second-order valence-electron chi connectivity index (χ2n) is 6.57. The van der Waals surface area contributed by atoms with Crippen molar-refractivity contribution in [2.75, 3.05) is 26.9 Å². The first-order valence-corrected chi connectivity index (χ1v) is 8.91. The zero-order valence-corrected chi connectivity index (χ0v) is 14.7. The molecule has 1 N–H and O–H groups in total. The fourth-order valence-corrected chi connectivity index (χ4v) is 3.14. The van der Waals surface area contributed by atoms with Crippen LogP contribution < -0.4 is 5.32 Å². The highest BCUT2D eigenvalue weighted by atomic mass is 16.6. The van der Waals surface area contributed by atoms with Gasteiger partial charge >= 0.3 is 6.09 Å². The number of aryl methyl sites for hydroxylation is 1. The molecule has 0 aromatic carbocycles. The fourth-order valence-electron chi connectivity index (χ4n) is 3.14. The molecule has 1 aromatic rings. The predicted molar refractivity (Wildman–Crippen MR) is 89.7 cm³/mol. The van der Waals surface area contributed by atoms with Crippen molar-refractivity contribution >= 4 is 12.0 Å². The molecule has 1 aliphatic carbocycles. The van der Waals surface area contributed by atoms with Crippen molar-refractivity contribution < 1.29 is 19.1 Å². The van der Waals surface area contributed by atoms with Gasteiger partial charge in [0.2, 0.25) is 5.91 Å². The number of nitrogens with zero attached hydrogens (tertiary/aromatic N) is 3. The average molecular weight is 350 g/mol. The van der Waals surface area contributed by atoms with E-state index in [2.05, 4.69) is 10.4 Å². The van der Waals surface area contributed by atoms with Crippen molar-refractivity contribution in [3.8, 4) is 0 Å². The Morgan fingerprint density at radius 2 is 2.12 bits per heavy atom. The van der Waals surface area contributed by atoms with Gasteiger partial charge in [0.1, 0.15) is 6.61 Å². The van der Waals surface area contributed by atoms with Crippen LogP contribution in [0.25, 0.3) is 0 Å². The Morgan fingerprint density at radius 3 is 2.84 bits per heavy atom. The molecule has 1 aliphatic heterocycles. The first kappa shape index (κ1) is 17.7. The van der Waals surface area contributed by atoms with Gasteiger partial charge in [-0.1, -0.05) is 6.42 Å². The summed E-state index contributed by atoms with van der Waals surface area (Å²) in [6.45, 7) is 3.08. The molecule has 3 rings (SSSR count). The molecule has 1 aromatic heterocycles. The summed E-state index contributed by atoms with van der Waals surface area (Å²) in [6, 6.07) is 1.96. The van der Waals surface area contributed by atoms with Crippen LogP contribution in [0.4, 0.5) is 4.79 Å². The lowest BCUT2D eigenvalue weighted by molar-refractivity contribution is -0.138. The van der Waals surface area contributed by atoms with Crippen molar-refractivity contribution in [3.63, 3.8) is 0 Å². The molecule has 0 spiro atoms. The molecule has 0 bridgehead atoms. The van der Waals surface area contributed by atoms with Crippen molar-refractivity contribution in [2.24, 2.45) is 5.92 Å². The summed E-state index contributed by atoms with van der Waals surface area (Å²) >= 11 is 0. The molecular formula is C17H26N4O4. The standard InChI is InChI=1S/C17H26N4O4/c1-24-8-9-25-17(23)18-11-14-10-15-12-20(6-3-7-21(15)19-14)16(22)13-4-2-5-13/h10,13H,2-9,11-12H2,1H3,(H,18,23). The summed E-state index contributed by atoms with van der Waals surface area (Å²) in [5.74, 6) is 0.500. The van der Waals surface area contributed by atoms with Gasteiger partial charge in [-0.3, -0.25) is 9.48 Å². The first-order chi connectivity index (χ1) is 12.2. The molecule has 1 saturated carbocycles. The number of aromatic nitrogens is 2. The lowest BCUT2D eigenvalue weighted by atomic mass is 9.84. The van der Waals surface area contributed by atoms with E-state index in [1.165, 1.54) is 6.42 Å². The molecule has 2 aliphatic rings. The second kappa shape index (κ2) is 8.33. The number of amides is 2.